The number of nitrogens with one attached hydrogen (secondary N) is 2. The summed E-state index contributed by atoms with van der Waals surface area (Å²) in [6.45, 7) is 3.76. The van der Waals surface area contributed by atoms with Crippen molar-refractivity contribution in [2.24, 2.45) is 0 Å². The van der Waals surface area contributed by atoms with Crippen LogP contribution in [0.25, 0.3) is 33.1 Å². The van der Waals surface area contributed by atoms with Crippen molar-refractivity contribution in [1.82, 2.24) is 0 Å². The van der Waals surface area contributed by atoms with Crippen molar-refractivity contribution in [2.45, 2.75) is 18.7 Å². The van der Waals surface area contributed by atoms with Crippen molar-refractivity contribution in [3.63, 3.8) is 0 Å². The van der Waals surface area contributed by atoms with Gasteiger partial charge in [-0.25, -0.2) is 9.21 Å². The minimum absolute atomic E-state index is 0. The third kappa shape index (κ3) is 5.82. The van der Waals surface area contributed by atoms with E-state index in [9.17, 15) is 22.9 Å². The molecule has 6 rings (SSSR count). The predicted octanol–water partition coefficient (Wildman–Crippen LogP) is 8.41. The molecule has 0 amide bonds. The number of para-hydroxylation sites is 1. The van der Waals surface area contributed by atoms with Crippen LogP contribution in [0.3, 0.4) is 0 Å². The molecule has 0 saturated heterocycles. The van der Waals surface area contributed by atoms with E-state index in [2.05, 4.69) is 10.6 Å². The van der Waals surface area contributed by atoms with Crippen LogP contribution in [-0.4, -0.2) is 29.5 Å². The summed E-state index contributed by atoms with van der Waals surface area (Å²) in [5.41, 5.74) is 7.36. The zero-order valence-electron chi connectivity index (χ0n) is 23.7. The molecular weight excluding hydrogens is 580 g/mol. The van der Waals surface area contributed by atoms with E-state index in [-0.39, 0.29) is 15.9 Å². The average Bonchev–Trinajstić information content (AvgIpc) is 2.97. The van der Waals surface area contributed by atoms with Crippen LogP contribution in [0.5, 0.6) is 0 Å². The summed E-state index contributed by atoms with van der Waals surface area (Å²) in [6, 6.07) is 30.5. The Morgan fingerprint density at radius 2 is 1.27 bits per heavy atom. The molecule has 0 radical (unpaired) electrons. The first-order valence-electron chi connectivity index (χ1n) is 13.4. The van der Waals surface area contributed by atoms with Gasteiger partial charge in [0.25, 0.3) is 10.1 Å². The lowest BCUT2D eigenvalue weighted by Gasteiger charge is -2.13. The van der Waals surface area contributed by atoms with Gasteiger partial charge in [0.15, 0.2) is 0 Å². The van der Waals surface area contributed by atoms with Crippen LogP contribution in [0.4, 0.5) is 22.7 Å². The first kappa shape index (κ1) is 30.2. The van der Waals surface area contributed by atoms with Crippen LogP contribution in [0.15, 0.2) is 112 Å². The fourth-order valence-electron chi connectivity index (χ4n) is 5.18. The van der Waals surface area contributed by atoms with E-state index in [0.29, 0.717) is 33.7 Å². The molecule has 1 aromatic heterocycles. The lowest BCUT2D eigenvalue weighted by Crippen LogP contribution is -2.01. The molecule has 0 aliphatic carbocycles. The summed E-state index contributed by atoms with van der Waals surface area (Å²) in [5, 5.41) is 18.2. The Hall–Kier alpha value is -5.29. The molecule has 0 fully saturated rings. The number of aromatic carboxylic acids is 1. The number of hydrogen-bond acceptors (Lipinski definition) is 6. The van der Waals surface area contributed by atoms with Gasteiger partial charge in [-0.2, -0.15) is 8.42 Å². The summed E-state index contributed by atoms with van der Waals surface area (Å²) < 4.78 is 38.9. The molecule has 222 valence electrons. The van der Waals surface area contributed by atoms with Crippen molar-refractivity contribution >= 4 is 60.8 Å². The van der Waals surface area contributed by atoms with Crippen LogP contribution < -0.4 is 10.6 Å². The quantitative estimate of drug-likeness (QED) is 0.0793. The molecule has 0 atom stereocenters. The minimum atomic E-state index is -4.32. The monoisotopic (exact) mass is 608 g/mol. The minimum Gasteiger partial charge on any atom is -0.870 e. The second-order valence-corrected chi connectivity index (χ2v) is 11.7. The lowest BCUT2D eigenvalue weighted by atomic mass is 9.93. The van der Waals surface area contributed by atoms with Gasteiger partial charge in [-0.05, 0) is 85.1 Å². The Balaban J connectivity index is 0.00000384. The highest BCUT2D eigenvalue weighted by Gasteiger charge is 2.24. The van der Waals surface area contributed by atoms with Gasteiger partial charge in [0.2, 0.25) is 0 Å². The highest BCUT2D eigenvalue weighted by Crippen LogP contribution is 2.40. The molecule has 0 saturated carbocycles. The lowest BCUT2D eigenvalue weighted by molar-refractivity contribution is 0.0697. The predicted molar refractivity (Wildman–Crippen MR) is 171 cm³/mol. The SMILES string of the molecule is Cc1ccccc1Nc1ccc2c(-c3ccccc3C(=O)O)c3ccc(Nc4ccc(S(=O)(=O)O)cc4C)cc3[o+]c2c1.[OH-]. The fourth-order valence-corrected chi connectivity index (χ4v) is 5.75. The van der Waals surface area contributed by atoms with E-state index in [1.807, 2.05) is 73.7 Å². The molecule has 10 heteroatoms. The topological polar surface area (TPSA) is 157 Å². The van der Waals surface area contributed by atoms with Crippen LogP contribution in [0.2, 0.25) is 0 Å². The number of anilines is 4. The second-order valence-electron chi connectivity index (χ2n) is 10.3. The van der Waals surface area contributed by atoms with Crippen LogP contribution in [0.1, 0.15) is 21.5 Å². The van der Waals surface area contributed by atoms with Gasteiger partial charge < -0.3 is 21.2 Å². The number of carbonyl (C=O) groups is 1. The summed E-state index contributed by atoms with van der Waals surface area (Å²) >= 11 is 0. The number of carboxylic acid groups (broad SMARTS) is 1. The Morgan fingerprint density at radius 3 is 1.84 bits per heavy atom. The van der Waals surface area contributed by atoms with Crippen molar-refractivity contribution in [1.29, 1.82) is 0 Å². The van der Waals surface area contributed by atoms with Gasteiger partial charge >= 0.3 is 17.1 Å². The molecule has 0 aliphatic rings. The Labute approximate surface area is 253 Å². The maximum atomic E-state index is 12.2. The maximum absolute atomic E-state index is 12.2. The highest BCUT2D eigenvalue weighted by molar-refractivity contribution is 7.85. The Kier molecular flexibility index (Phi) is 8.07. The summed E-state index contributed by atoms with van der Waals surface area (Å²) in [5.74, 6) is -1.03. The summed E-state index contributed by atoms with van der Waals surface area (Å²) in [7, 11) is -4.32. The zero-order chi connectivity index (χ0) is 30.3. The number of fused-ring (bicyclic) bond motifs is 2. The zero-order valence-corrected chi connectivity index (χ0v) is 24.5. The number of benzene rings is 5. The van der Waals surface area contributed by atoms with E-state index in [1.54, 1.807) is 31.2 Å². The normalized spacial score (nSPS) is 11.2. The van der Waals surface area contributed by atoms with Crippen molar-refractivity contribution in [3.8, 4) is 11.1 Å². The summed E-state index contributed by atoms with van der Waals surface area (Å²) in [4.78, 5) is 12.0. The van der Waals surface area contributed by atoms with Gasteiger partial charge in [0, 0.05) is 28.3 Å². The second kappa shape index (κ2) is 11.8. The van der Waals surface area contributed by atoms with Crippen molar-refractivity contribution < 1.29 is 32.8 Å². The molecule has 0 bridgehead atoms. The molecule has 9 nitrogen and oxygen atoms in total. The van der Waals surface area contributed by atoms with E-state index < -0.39 is 16.1 Å². The Bertz CT molecular complexity index is 2180. The molecule has 0 spiro atoms. The maximum Gasteiger partial charge on any atom is 0.363 e. The van der Waals surface area contributed by atoms with E-state index in [1.165, 1.54) is 12.1 Å². The molecule has 0 aliphatic heterocycles. The number of hydrogen-bond donors (Lipinski definition) is 4. The van der Waals surface area contributed by atoms with Gasteiger partial charge in [0.05, 0.1) is 33.4 Å². The molecule has 5 N–H and O–H groups in total. The van der Waals surface area contributed by atoms with Crippen LogP contribution in [-0.2, 0) is 10.1 Å². The van der Waals surface area contributed by atoms with Gasteiger partial charge in [0.1, 0.15) is 0 Å². The standard InChI is InChI=1S/C34H26N2O6S.H2O/c1-20-7-3-6-10-29(20)35-22-11-14-27-31(18-22)42-32-19-23(36-30-16-13-24(17-21(30)2)43(39,40)41)12-15-28(32)33(27)25-8-4-5-9-26(25)34(37)38;/h3-19,35-36H,1-2H3,(H-,37,38,39,40,41);1H2. The molecule has 6 aromatic rings. The molecule has 44 heavy (non-hydrogen) atoms. The Morgan fingerprint density at radius 1 is 0.705 bits per heavy atom. The van der Waals surface area contributed by atoms with Crippen molar-refractivity contribution in [3.05, 3.63) is 120 Å². The third-order valence-electron chi connectivity index (χ3n) is 7.35. The first-order valence-corrected chi connectivity index (χ1v) is 14.9. The average molecular weight is 609 g/mol. The third-order valence-corrected chi connectivity index (χ3v) is 8.20. The van der Waals surface area contributed by atoms with E-state index >= 15 is 0 Å². The fraction of sp³-hybridized carbons (Fsp3) is 0.0588. The van der Waals surface area contributed by atoms with Gasteiger partial charge in [-0.15, -0.1) is 0 Å². The smallest absolute Gasteiger partial charge is 0.363 e. The molecule has 5 aromatic carbocycles. The van der Waals surface area contributed by atoms with E-state index in [0.717, 1.165) is 33.3 Å². The number of carboxylic acids is 1. The molecule has 0 unspecified atom stereocenters. The number of aryl methyl sites for hydroxylation is 2. The van der Waals surface area contributed by atoms with Crippen molar-refractivity contribution in [2.75, 3.05) is 10.6 Å². The van der Waals surface area contributed by atoms with Gasteiger partial charge in [-0.3, -0.25) is 4.55 Å². The van der Waals surface area contributed by atoms with Gasteiger partial charge in [-0.1, -0.05) is 36.4 Å². The molecule has 1 heterocycles. The number of rotatable bonds is 7. The highest BCUT2D eigenvalue weighted by atomic mass is 32.2. The molecular formula is C34H28N2O7S. The van der Waals surface area contributed by atoms with Crippen LogP contribution >= 0.6 is 0 Å². The van der Waals surface area contributed by atoms with Crippen LogP contribution in [0, 0.1) is 13.8 Å². The largest absolute Gasteiger partial charge is 0.870 e. The summed E-state index contributed by atoms with van der Waals surface area (Å²) in [6.07, 6.45) is 0. The van der Waals surface area contributed by atoms with E-state index in [4.69, 9.17) is 4.42 Å². The first-order chi connectivity index (χ1) is 20.6.